The predicted molar refractivity (Wildman–Crippen MR) is 167 cm³/mol. The molecule has 0 spiro atoms. The Hall–Kier alpha value is -5.08. The molecule has 1 aliphatic rings. The average Bonchev–Trinajstić information content (AvgIpc) is 3.72. The number of hydrogen-bond donors (Lipinski definition) is 5. The van der Waals surface area contributed by atoms with Crippen molar-refractivity contribution in [1.29, 1.82) is 0 Å². The highest BCUT2D eigenvalue weighted by molar-refractivity contribution is 6.06. The normalized spacial score (nSPS) is 15.0. The monoisotopic (exact) mass is 597 g/mol. The number of aromatic amines is 1. The third-order valence-corrected chi connectivity index (χ3v) is 7.51. The van der Waals surface area contributed by atoms with Gasteiger partial charge in [-0.3, -0.25) is 14.4 Å². The summed E-state index contributed by atoms with van der Waals surface area (Å²) in [6, 6.07) is 9.46. The highest BCUT2D eigenvalue weighted by atomic mass is 16.5. The second kappa shape index (κ2) is 12.7. The van der Waals surface area contributed by atoms with Crippen molar-refractivity contribution in [3.63, 3.8) is 0 Å². The number of carbonyl (C=O) groups excluding carboxylic acids is 1. The Bertz CT molecular complexity index is 1760. The van der Waals surface area contributed by atoms with Crippen LogP contribution in [0.2, 0.25) is 0 Å². The van der Waals surface area contributed by atoms with Crippen molar-refractivity contribution >= 4 is 40.1 Å². The summed E-state index contributed by atoms with van der Waals surface area (Å²) in [6.07, 6.45) is 5.81. The first kappa shape index (κ1) is 29.0. The van der Waals surface area contributed by atoms with Crippen molar-refractivity contribution in [1.82, 2.24) is 39.6 Å². The lowest BCUT2D eigenvalue weighted by atomic mass is 10.1. The van der Waals surface area contributed by atoms with Gasteiger partial charge >= 0.3 is 0 Å². The average molecular weight is 598 g/mol. The van der Waals surface area contributed by atoms with Crippen molar-refractivity contribution in [2.45, 2.75) is 26.4 Å². The van der Waals surface area contributed by atoms with Crippen LogP contribution in [0.5, 0.6) is 5.88 Å². The van der Waals surface area contributed by atoms with E-state index in [1.165, 1.54) is 6.33 Å². The maximum atomic E-state index is 13.1. The number of hydrogen-bond acceptors (Lipinski definition) is 11. The smallest absolute Gasteiger partial charge is 0.238 e. The van der Waals surface area contributed by atoms with Gasteiger partial charge in [0, 0.05) is 67.9 Å². The SMILES string of the molecule is Cc1cnc(Nc2cc(C)n(C)n2)nc1-c1c[nH]c2c(NC(=O)CN3CCC(Oc4cc(NCCO)ncn4)C3)cccc12. The Labute approximate surface area is 253 Å². The number of H-pyrrole nitrogens is 1. The molecule has 6 rings (SSSR count). The van der Waals surface area contributed by atoms with Crippen LogP contribution in [0.3, 0.4) is 0 Å². The zero-order valence-electron chi connectivity index (χ0n) is 24.8. The lowest BCUT2D eigenvalue weighted by Crippen LogP contribution is -2.33. The first-order valence-electron chi connectivity index (χ1n) is 14.4. The van der Waals surface area contributed by atoms with Gasteiger partial charge in [0.15, 0.2) is 5.82 Å². The van der Waals surface area contributed by atoms with Gasteiger partial charge in [0.1, 0.15) is 18.2 Å². The minimum atomic E-state index is -0.109. The molecule has 1 fully saturated rings. The van der Waals surface area contributed by atoms with Crippen molar-refractivity contribution in [3.05, 3.63) is 60.3 Å². The zero-order valence-corrected chi connectivity index (χ0v) is 24.8. The van der Waals surface area contributed by atoms with E-state index in [1.807, 2.05) is 51.4 Å². The van der Waals surface area contributed by atoms with Crippen molar-refractivity contribution < 1.29 is 14.6 Å². The Morgan fingerprint density at radius 3 is 2.89 bits per heavy atom. The molecule has 228 valence electrons. The largest absolute Gasteiger partial charge is 0.473 e. The van der Waals surface area contributed by atoms with Gasteiger partial charge in [-0.15, -0.1) is 0 Å². The summed E-state index contributed by atoms with van der Waals surface area (Å²) in [7, 11) is 1.89. The molecular weight excluding hydrogens is 562 g/mol. The van der Waals surface area contributed by atoms with Crippen LogP contribution < -0.4 is 20.7 Å². The summed E-state index contributed by atoms with van der Waals surface area (Å²) in [5.74, 6) is 2.07. The molecule has 1 atom stereocenters. The third-order valence-electron chi connectivity index (χ3n) is 7.51. The van der Waals surface area contributed by atoms with Crippen LogP contribution in [0.15, 0.2) is 49.1 Å². The fraction of sp³-hybridized carbons (Fsp3) is 0.333. The summed E-state index contributed by atoms with van der Waals surface area (Å²) < 4.78 is 7.82. The number of aryl methyl sites for hydroxylation is 3. The number of carbonyl (C=O) groups is 1. The first-order chi connectivity index (χ1) is 21.4. The quantitative estimate of drug-likeness (QED) is 0.152. The standard InChI is InChI=1S/C30H35N11O3/c1-18-13-33-30(37-25-11-19(2)40(3)39-25)38-28(18)22-14-32-29-21(22)5-4-6-23(29)36-26(43)16-41-9-7-20(15-41)44-27-12-24(31-8-10-42)34-17-35-27/h4-6,11-14,17,20,32,42H,7-10,15-16H2,1-3H3,(H,36,43)(H,31,34,35)(H,33,37,38,39). The van der Waals surface area contributed by atoms with Gasteiger partial charge in [-0.1, -0.05) is 12.1 Å². The van der Waals surface area contributed by atoms with Gasteiger partial charge in [-0.05, 0) is 31.9 Å². The van der Waals surface area contributed by atoms with Gasteiger partial charge in [0.25, 0.3) is 0 Å². The number of nitrogens with one attached hydrogen (secondary N) is 4. The van der Waals surface area contributed by atoms with E-state index in [2.05, 4.69) is 45.9 Å². The number of anilines is 4. The maximum absolute atomic E-state index is 13.1. The fourth-order valence-electron chi connectivity index (χ4n) is 5.25. The molecule has 4 aromatic heterocycles. The molecule has 14 nitrogen and oxygen atoms in total. The van der Waals surface area contributed by atoms with Crippen LogP contribution in [0.1, 0.15) is 17.7 Å². The minimum absolute atomic E-state index is 0.00655. The molecule has 1 saturated heterocycles. The molecule has 1 unspecified atom stereocenters. The molecule has 5 aromatic rings. The first-order valence-corrected chi connectivity index (χ1v) is 14.4. The summed E-state index contributed by atoms with van der Waals surface area (Å²) in [6.45, 7) is 5.93. The number of amides is 1. The number of aromatic nitrogens is 7. The van der Waals surface area contributed by atoms with E-state index in [0.717, 1.165) is 46.4 Å². The van der Waals surface area contributed by atoms with Gasteiger partial charge < -0.3 is 30.8 Å². The van der Waals surface area contributed by atoms with Crippen LogP contribution in [-0.4, -0.2) is 89.5 Å². The van der Waals surface area contributed by atoms with Crippen molar-refractivity contribution in [2.24, 2.45) is 7.05 Å². The lowest BCUT2D eigenvalue weighted by Gasteiger charge is -2.16. The fourth-order valence-corrected chi connectivity index (χ4v) is 5.25. The molecule has 1 aromatic carbocycles. The van der Waals surface area contributed by atoms with E-state index in [9.17, 15) is 4.79 Å². The zero-order chi connectivity index (χ0) is 30.6. The van der Waals surface area contributed by atoms with Crippen LogP contribution in [0.4, 0.5) is 23.3 Å². The Morgan fingerprint density at radius 2 is 2.07 bits per heavy atom. The summed E-state index contributed by atoms with van der Waals surface area (Å²) >= 11 is 0. The van der Waals surface area contributed by atoms with E-state index in [1.54, 1.807) is 16.9 Å². The van der Waals surface area contributed by atoms with Gasteiger partial charge in [-0.2, -0.15) is 5.10 Å². The van der Waals surface area contributed by atoms with Crippen molar-refractivity contribution in [2.75, 3.05) is 48.7 Å². The number of para-hydroxylation sites is 1. The maximum Gasteiger partial charge on any atom is 0.238 e. The number of nitrogens with zero attached hydrogens (tertiary/aromatic N) is 7. The molecule has 5 heterocycles. The molecule has 44 heavy (non-hydrogen) atoms. The number of benzene rings is 1. The molecule has 1 aliphatic heterocycles. The molecule has 1 amide bonds. The number of aliphatic hydroxyl groups is 1. The molecule has 0 saturated carbocycles. The molecule has 0 bridgehead atoms. The number of rotatable bonds is 11. The van der Waals surface area contributed by atoms with E-state index >= 15 is 0 Å². The second-order valence-electron chi connectivity index (χ2n) is 10.8. The minimum Gasteiger partial charge on any atom is -0.473 e. The van der Waals surface area contributed by atoms with E-state index in [0.29, 0.717) is 42.2 Å². The van der Waals surface area contributed by atoms with Gasteiger partial charge in [0.05, 0.1) is 30.0 Å². The van der Waals surface area contributed by atoms with Crippen LogP contribution in [0, 0.1) is 13.8 Å². The summed E-state index contributed by atoms with van der Waals surface area (Å²) in [4.78, 5) is 36.0. The van der Waals surface area contributed by atoms with Crippen LogP contribution in [-0.2, 0) is 11.8 Å². The number of fused-ring (bicyclic) bond motifs is 1. The molecular formula is C30H35N11O3. The molecule has 0 aliphatic carbocycles. The Kier molecular flexibility index (Phi) is 8.34. The predicted octanol–water partition coefficient (Wildman–Crippen LogP) is 3.00. The van der Waals surface area contributed by atoms with Crippen LogP contribution in [0.25, 0.3) is 22.2 Å². The lowest BCUT2D eigenvalue weighted by molar-refractivity contribution is -0.117. The van der Waals surface area contributed by atoms with E-state index in [4.69, 9.17) is 14.8 Å². The number of ether oxygens (including phenoxy) is 1. The Balaban J connectivity index is 1.10. The van der Waals surface area contributed by atoms with E-state index < -0.39 is 0 Å². The second-order valence-corrected chi connectivity index (χ2v) is 10.8. The molecule has 5 N–H and O–H groups in total. The van der Waals surface area contributed by atoms with Crippen LogP contribution >= 0.6 is 0 Å². The van der Waals surface area contributed by atoms with Gasteiger partial charge in [-0.25, -0.2) is 19.9 Å². The van der Waals surface area contributed by atoms with Crippen molar-refractivity contribution in [3.8, 4) is 17.1 Å². The third kappa shape index (κ3) is 6.45. The van der Waals surface area contributed by atoms with E-state index in [-0.39, 0.29) is 25.2 Å². The number of aliphatic hydroxyl groups excluding tert-OH is 1. The highest BCUT2D eigenvalue weighted by Crippen LogP contribution is 2.33. The topological polar surface area (TPSA) is 171 Å². The summed E-state index contributed by atoms with van der Waals surface area (Å²) in [5.41, 5.74) is 5.16. The summed E-state index contributed by atoms with van der Waals surface area (Å²) in [5, 5.41) is 23.6. The Morgan fingerprint density at radius 1 is 1.18 bits per heavy atom. The highest BCUT2D eigenvalue weighted by Gasteiger charge is 2.26. The molecule has 0 radical (unpaired) electrons. The molecule has 14 heteroatoms. The van der Waals surface area contributed by atoms with Gasteiger partial charge in [0.2, 0.25) is 17.7 Å². The number of likely N-dealkylation sites (tertiary alicyclic amines) is 1.